The molecule has 0 aliphatic carbocycles. The van der Waals surface area contributed by atoms with Gasteiger partial charge in [-0.15, -0.1) is 0 Å². The fourth-order valence-corrected chi connectivity index (χ4v) is 2.20. The molecule has 5 heteroatoms. The molecule has 0 aliphatic rings. The van der Waals surface area contributed by atoms with Gasteiger partial charge in [0.1, 0.15) is 17.2 Å². The highest BCUT2D eigenvalue weighted by Crippen LogP contribution is 2.27. The number of rotatable bonds is 5. The highest BCUT2D eigenvalue weighted by molar-refractivity contribution is 6.32. The summed E-state index contributed by atoms with van der Waals surface area (Å²) in [6, 6.07) is 10.8. The Balaban J connectivity index is 2.23. The van der Waals surface area contributed by atoms with Gasteiger partial charge in [0.15, 0.2) is 0 Å². The molecule has 2 rings (SSSR count). The molecule has 0 atom stereocenters. The van der Waals surface area contributed by atoms with E-state index >= 15 is 0 Å². The molecule has 0 unspecified atom stereocenters. The molecule has 4 nitrogen and oxygen atoms in total. The second kappa shape index (κ2) is 7.70. The van der Waals surface area contributed by atoms with Crippen molar-refractivity contribution in [2.45, 2.75) is 6.92 Å². The van der Waals surface area contributed by atoms with Gasteiger partial charge >= 0.3 is 5.97 Å². The van der Waals surface area contributed by atoms with Crippen molar-refractivity contribution in [2.24, 2.45) is 0 Å². The third-order valence-corrected chi connectivity index (χ3v) is 3.35. The summed E-state index contributed by atoms with van der Waals surface area (Å²) in [6.07, 6.45) is 3.82. The standard InChI is InChI=1S/C18H17ClO4/c1-12(20)23-18-7-6-13(10-17(18)19)4-5-14-8-15(21-2)11-16(9-14)22-3/h4-11H,1-3H3/b5-4+. The van der Waals surface area contributed by atoms with Crippen molar-refractivity contribution in [1.82, 2.24) is 0 Å². The average molecular weight is 333 g/mol. The lowest BCUT2D eigenvalue weighted by molar-refractivity contribution is -0.131. The van der Waals surface area contributed by atoms with Crippen LogP contribution < -0.4 is 14.2 Å². The van der Waals surface area contributed by atoms with Gasteiger partial charge < -0.3 is 14.2 Å². The van der Waals surface area contributed by atoms with Crippen LogP contribution in [0.3, 0.4) is 0 Å². The monoisotopic (exact) mass is 332 g/mol. The lowest BCUT2D eigenvalue weighted by atomic mass is 10.1. The van der Waals surface area contributed by atoms with E-state index in [1.54, 1.807) is 26.4 Å². The number of carbonyl (C=O) groups is 1. The number of benzene rings is 2. The second-order valence-electron chi connectivity index (χ2n) is 4.76. The van der Waals surface area contributed by atoms with E-state index in [-0.39, 0.29) is 0 Å². The van der Waals surface area contributed by atoms with Crippen LogP contribution in [-0.4, -0.2) is 20.2 Å². The number of esters is 1. The molecular formula is C18H17ClO4. The van der Waals surface area contributed by atoms with Crippen molar-refractivity contribution in [1.29, 1.82) is 0 Å². The molecule has 2 aromatic carbocycles. The minimum atomic E-state index is -0.404. The molecule has 0 radical (unpaired) electrons. The first kappa shape index (κ1) is 16.9. The van der Waals surface area contributed by atoms with E-state index in [1.807, 2.05) is 36.4 Å². The van der Waals surface area contributed by atoms with Crippen molar-refractivity contribution in [2.75, 3.05) is 14.2 Å². The maximum absolute atomic E-state index is 11.0. The normalized spacial score (nSPS) is 10.6. The van der Waals surface area contributed by atoms with Crippen LogP contribution in [-0.2, 0) is 4.79 Å². The summed E-state index contributed by atoms with van der Waals surface area (Å²) in [5.41, 5.74) is 1.81. The van der Waals surface area contributed by atoms with Crippen LogP contribution in [0.25, 0.3) is 12.2 Å². The molecule has 0 spiro atoms. The number of hydrogen-bond donors (Lipinski definition) is 0. The van der Waals surface area contributed by atoms with E-state index in [0.29, 0.717) is 22.3 Å². The molecule has 0 saturated carbocycles. The van der Waals surface area contributed by atoms with Gasteiger partial charge in [0.05, 0.1) is 19.2 Å². The van der Waals surface area contributed by atoms with Crippen molar-refractivity contribution >= 4 is 29.7 Å². The Morgan fingerprint density at radius 3 is 2.09 bits per heavy atom. The predicted molar refractivity (Wildman–Crippen MR) is 91.2 cm³/mol. The molecule has 0 aromatic heterocycles. The zero-order chi connectivity index (χ0) is 16.8. The van der Waals surface area contributed by atoms with E-state index in [9.17, 15) is 4.79 Å². The lowest BCUT2D eigenvalue weighted by Crippen LogP contribution is -2.01. The number of ether oxygens (including phenoxy) is 3. The molecule has 0 heterocycles. The molecule has 0 bridgehead atoms. The smallest absolute Gasteiger partial charge is 0.308 e. The largest absolute Gasteiger partial charge is 0.497 e. The zero-order valence-corrected chi connectivity index (χ0v) is 13.9. The van der Waals surface area contributed by atoms with Gasteiger partial charge in [0, 0.05) is 13.0 Å². The third kappa shape index (κ3) is 4.76. The fourth-order valence-electron chi connectivity index (χ4n) is 1.98. The fraction of sp³-hybridized carbons (Fsp3) is 0.167. The quantitative estimate of drug-likeness (QED) is 0.461. The van der Waals surface area contributed by atoms with Gasteiger partial charge in [-0.05, 0) is 35.4 Å². The molecular weight excluding hydrogens is 316 g/mol. The van der Waals surface area contributed by atoms with Crippen LogP contribution in [0.1, 0.15) is 18.1 Å². The Morgan fingerprint density at radius 2 is 1.57 bits per heavy atom. The molecule has 2 aromatic rings. The minimum absolute atomic E-state index is 0.347. The molecule has 0 fully saturated rings. The van der Waals surface area contributed by atoms with Gasteiger partial charge in [-0.3, -0.25) is 4.79 Å². The number of carbonyl (C=O) groups excluding carboxylic acids is 1. The van der Waals surface area contributed by atoms with Crippen LogP contribution in [0.5, 0.6) is 17.2 Å². The second-order valence-corrected chi connectivity index (χ2v) is 5.17. The molecule has 23 heavy (non-hydrogen) atoms. The Labute approximate surface area is 140 Å². The van der Waals surface area contributed by atoms with Gasteiger partial charge in [-0.2, -0.15) is 0 Å². The molecule has 120 valence electrons. The van der Waals surface area contributed by atoms with Crippen LogP contribution >= 0.6 is 11.6 Å². The van der Waals surface area contributed by atoms with Crippen molar-refractivity contribution in [3.8, 4) is 17.2 Å². The van der Waals surface area contributed by atoms with E-state index in [1.165, 1.54) is 6.92 Å². The zero-order valence-electron chi connectivity index (χ0n) is 13.1. The number of hydrogen-bond acceptors (Lipinski definition) is 4. The first-order valence-electron chi connectivity index (χ1n) is 6.91. The van der Waals surface area contributed by atoms with Gasteiger partial charge in [-0.25, -0.2) is 0 Å². The summed E-state index contributed by atoms with van der Waals surface area (Å²) in [6.45, 7) is 1.33. The predicted octanol–water partition coefficient (Wildman–Crippen LogP) is 4.45. The minimum Gasteiger partial charge on any atom is -0.497 e. The summed E-state index contributed by atoms with van der Waals surface area (Å²) in [5, 5.41) is 0.380. The number of methoxy groups -OCH3 is 2. The van der Waals surface area contributed by atoms with E-state index in [4.69, 9.17) is 25.8 Å². The maximum atomic E-state index is 11.0. The molecule has 0 aliphatic heterocycles. The van der Waals surface area contributed by atoms with Crippen LogP contribution in [0.4, 0.5) is 0 Å². The number of halogens is 1. The maximum Gasteiger partial charge on any atom is 0.308 e. The first-order chi connectivity index (χ1) is 11.0. The average Bonchev–Trinajstić information content (AvgIpc) is 2.54. The van der Waals surface area contributed by atoms with Crippen molar-refractivity contribution in [3.63, 3.8) is 0 Å². The highest BCUT2D eigenvalue weighted by Gasteiger charge is 2.04. The van der Waals surface area contributed by atoms with Gasteiger partial charge in [-0.1, -0.05) is 29.8 Å². The molecule has 0 N–H and O–H groups in total. The van der Waals surface area contributed by atoms with Gasteiger partial charge in [0.25, 0.3) is 0 Å². The highest BCUT2D eigenvalue weighted by atomic mass is 35.5. The topological polar surface area (TPSA) is 44.8 Å². The first-order valence-corrected chi connectivity index (χ1v) is 7.28. The summed E-state index contributed by atoms with van der Waals surface area (Å²) in [4.78, 5) is 11.0. The van der Waals surface area contributed by atoms with Crippen LogP contribution in [0, 0.1) is 0 Å². The van der Waals surface area contributed by atoms with Gasteiger partial charge in [0.2, 0.25) is 0 Å². The van der Waals surface area contributed by atoms with Crippen LogP contribution in [0.2, 0.25) is 5.02 Å². The summed E-state index contributed by atoms with van der Waals surface area (Å²) >= 11 is 6.10. The SMILES string of the molecule is COc1cc(/C=C/c2ccc(OC(C)=O)c(Cl)c2)cc(OC)c1. The lowest BCUT2D eigenvalue weighted by Gasteiger charge is -2.06. The Hall–Kier alpha value is -2.46. The summed E-state index contributed by atoms with van der Waals surface area (Å²) < 4.78 is 15.5. The Kier molecular flexibility index (Phi) is 5.66. The van der Waals surface area contributed by atoms with E-state index < -0.39 is 5.97 Å². The van der Waals surface area contributed by atoms with E-state index in [0.717, 1.165) is 11.1 Å². The van der Waals surface area contributed by atoms with E-state index in [2.05, 4.69) is 0 Å². The molecule has 0 amide bonds. The Morgan fingerprint density at radius 1 is 0.957 bits per heavy atom. The van der Waals surface area contributed by atoms with Crippen molar-refractivity contribution < 1.29 is 19.0 Å². The summed E-state index contributed by atoms with van der Waals surface area (Å²) in [7, 11) is 3.21. The molecule has 0 saturated heterocycles. The van der Waals surface area contributed by atoms with Crippen molar-refractivity contribution in [3.05, 3.63) is 52.5 Å². The third-order valence-electron chi connectivity index (χ3n) is 3.05. The summed E-state index contributed by atoms with van der Waals surface area (Å²) in [5.74, 6) is 1.37. The Bertz CT molecular complexity index is 716. The van der Waals surface area contributed by atoms with Crippen LogP contribution in [0.15, 0.2) is 36.4 Å².